The average molecular weight is 152 g/mol. The molecule has 0 aromatic carbocycles. The zero-order valence-electron chi connectivity index (χ0n) is 6.37. The predicted octanol–water partition coefficient (Wildman–Crippen LogP) is 0.693. The van der Waals surface area contributed by atoms with Gasteiger partial charge >= 0.3 is 6.41 Å². The Kier molecular flexibility index (Phi) is 2.66. The van der Waals surface area contributed by atoms with Gasteiger partial charge in [0.25, 0.3) is 0 Å². The van der Waals surface area contributed by atoms with Crippen LogP contribution in [0.4, 0.5) is 5.95 Å². The van der Waals surface area contributed by atoms with E-state index >= 15 is 0 Å². The van der Waals surface area contributed by atoms with Crippen molar-refractivity contribution >= 4 is 12.4 Å². The van der Waals surface area contributed by atoms with Crippen LogP contribution in [0.15, 0.2) is 12.4 Å². The second-order valence-corrected chi connectivity index (χ2v) is 2.16. The smallest absolute Gasteiger partial charge is 0.319 e. The Bertz CT molecular complexity index is 207. The van der Waals surface area contributed by atoms with Crippen LogP contribution < -0.4 is 4.90 Å². The number of imidazole rings is 1. The van der Waals surface area contributed by atoms with E-state index in [0.29, 0.717) is 12.5 Å². The van der Waals surface area contributed by atoms with Gasteiger partial charge < -0.3 is 4.98 Å². The molecule has 0 aliphatic carbocycles. The Morgan fingerprint density at radius 2 is 2.64 bits per heavy atom. The second-order valence-electron chi connectivity index (χ2n) is 2.16. The van der Waals surface area contributed by atoms with Crippen LogP contribution in [0.1, 0.15) is 13.3 Å². The number of aromatic amines is 1. The van der Waals surface area contributed by atoms with E-state index in [1.807, 2.05) is 6.92 Å². The van der Waals surface area contributed by atoms with E-state index in [-0.39, 0.29) is 0 Å². The van der Waals surface area contributed by atoms with E-state index in [1.54, 1.807) is 18.8 Å². The fraction of sp³-hybridized carbons (Fsp3) is 0.429. The van der Waals surface area contributed by atoms with Crippen molar-refractivity contribution < 1.29 is 4.79 Å². The summed E-state index contributed by atoms with van der Waals surface area (Å²) in [7, 11) is 0. The van der Waals surface area contributed by atoms with Gasteiger partial charge in [0.2, 0.25) is 5.95 Å². The van der Waals surface area contributed by atoms with E-state index < -0.39 is 0 Å². The van der Waals surface area contributed by atoms with Crippen molar-refractivity contribution in [3.8, 4) is 0 Å². The molecule has 0 saturated carbocycles. The van der Waals surface area contributed by atoms with Crippen molar-refractivity contribution in [1.29, 1.82) is 0 Å². The number of hydrogen-bond acceptors (Lipinski definition) is 2. The topological polar surface area (TPSA) is 49.0 Å². The highest BCUT2D eigenvalue weighted by Crippen LogP contribution is 2.02. The number of anilines is 1. The molecule has 1 aromatic rings. The molecular formula is C7H10N3O. The van der Waals surface area contributed by atoms with E-state index in [2.05, 4.69) is 9.97 Å². The molecule has 1 rings (SSSR count). The molecule has 0 aliphatic heterocycles. The van der Waals surface area contributed by atoms with Crippen LogP contribution in [-0.2, 0) is 4.79 Å². The van der Waals surface area contributed by atoms with Gasteiger partial charge in [-0.3, -0.25) is 9.69 Å². The molecule has 1 amide bonds. The van der Waals surface area contributed by atoms with Gasteiger partial charge in [0.15, 0.2) is 0 Å². The number of hydrogen-bond donors (Lipinski definition) is 1. The van der Waals surface area contributed by atoms with Crippen LogP contribution in [0.25, 0.3) is 0 Å². The normalized spacial score (nSPS) is 9.55. The van der Waals surface area contributed by atoms with E-state index in [9.17, 15) is 4.79 Å². The highest BCUT2D eigenvalue weighted by Gasteiger charge is 2.05. The third-order valence-corrected chi connectivity index (χ3v) is 1.30. The predicted molar refractivity (Wildman–Crippen MR) is 41.9 cm³/mol. The second kappa shape index (κ2) is 3.75. The Balaban J connectivity index is 2.63. The van der Waals surface area contributed by atoms with Gasteiger partial charge in [0.05, 0.1) is 0 Å². The standard InChI is InChI=1S/C7H10N3O/c1-2-5-10(6-11)7-8-3-4-9-7/h3-4H,2,5H2,1H3,(H,8,9). The van der Waals surface area contributed by atoms with Crippen LogP contribution in [0, 0.1) is 0 Å². The van der Waals surface area contributed by atoms with Gasteiger partial charge in [-0.2, -0.15) is 0 Å². The monoisotopic (exact) mass is 152 g/mol. The molecule has 0 atom stereocenters. The summed E-state index contributed by atoms with van der Waals surface area (Å²) in [5.74, 6) is 0.557. The summed E-state index contributed by atoms with van der Waals surface area (Å²) in [6.07, 6.45) is 5.98. The van der Waals surface area contributed by atoms with Crippen molar-refractivity contribution in [2.45, 2.75) is 13.3 Å². The van der Waals surface area contributed by atoms with Crippen LogP contribution in [0.5, 0.6) is 0 Å². The van der Waals surface area contributed by atoms with Crippen LogP contribution in [-0.4, -0.2) is 22.9 Å². The summed E-state index contributed by atoms with van der Waals surface area (Å²) in [4.78, 5) is 18.5. The van der Waals surface area contributed by atoms with Crippen molar-refractivity contribution in [1.82, 2.24) is 9.97 Å². The Labute approximate surface area is 65.2 Å². The van der Waals surface area contributed by atoms with E-state index in [0.717, 1.165) is 6.42 Å². The van der Waals surface area contributed by atoms with Gasteiger partial charge in [-0.1, -0.05) is 6.92 Å². The minimum absolute atomic E-state index is 0.557. The molecular weight excluding hydrogens is 142 g/mol. The lowest BCUT2D eigenvalue weighted by Gasteiger charge is -2.09. The fourth-order valence-electron chi connectivity index (χ4n) is 0.823. The highest BCUT2D eigenvalue weighted by atomic mass is 16.1. The summed E-state index contributed by atoms with van der Waals surface area (Å²) in [5, 5.41) is 0. The highest BCUT2D eigenvalue weighted by molar-refractivity contribution is 5.71. The summed E-state index contributed by atoms with van der Waals surface area (Å²) >= 11 is 0. The molecule has 1 aromatic heterocycles. The number of carbonyl (C=O) groups excluding carboxylic acids is 1. The van der Waals surface area contributed by atoms with Gasteiger partial charge in [-0.15, -0.1) is 0 Å². The Hall–Kier alpha value is -1.32. The first kappa shape index (κ1) is 7.78. The molecule has 11 heavy (non-hydrogen) atoms. The number of nitrogens with one attached hydrogen (secondary N) is 1. The maximum Gasteiger partial charge on any atom is 0.319 e. The molecule has 4 nitrogen and oxygen atoms in total. The molecule has 1 heterocycles. The van der Waals surface area contributed by atoms with Gasteiger partial charge in [0.1, 0.15) is 0 Å². The minimum atomic E-state index is 0.557. The summed E-state index contributed by atoms with van der Waals surface area (Å²) < 4.78 is 0. The van der Waals surface area contributed by atoms with Crippen LogP contribution in [0.2, 0.25) is 0 Å². The van der Waals surface area contributed by atoms with E-state index in [4.69, 9.17) is 0 Å². The lowest BCUT2D eigenvalue weighted by atomic mass is 10.4. The molecule has 4 heteroatoms. The summed E-state index contributed by atoms with van der Waals surface area (Å²) in [6, 6.07) is 0. The number of H-pyrrole nitrogens is 1. The van der Waals surface area contributed by atoms with Gasteiger partial charge in [0, 0.05) is 18.9 Å². The average Bonchev–Trinajstić information content (AvgIpc) is 2.52. The zero-order valence-corrected chi connectivity index (χ0v) is 6.37. The Morgan fingerprint density at radius 1 is 1.82 bits per heavy atom. The number of amides is 1. The SMILES string of the molecule is CCCN([C]=O)c1ncc[nH]1. The van der Waals surface area contributed by atoms with Gasteiger partial charge in [-0.05, 0) is 6.42 Å². The largest absolute Gasteiger partial charge is 0.331 e. The first-order chi connectivity index (χ1) is 5.38. The third kappa shape index (κ3) is 1.80. The quantitative estimate of drug-likeness (QED) is 0.645. The van der Waals surface area contributed by atoms with Gasteiger partial charge in [-0.25, -0.2) is 4.98 Å². The minimum Gasteiger partial charge on any atom is -0.331 e. The van der Waals surface area contributed by atoms with Crippen molar-refractivity contribution in [3.05, 3.63) is 12.4 Å². The van der Waals surface area contributed by atoms with Crippen molar-refractivity contribution in [2.24, 2.45) is 0 Å². The molecule has 59 valence electrons. The molecule has 0 unspecified atom stereocenters. The van der Waals surface area contributed by atoms with Crippen LogP contribution in [0.3, 0.4) is 0 Å². The first-order valence-corrected chi connectivity index (χ1v) is 3.53. The fourth-order valence-corrected chi connectivity index (χ4v) is 0.823. The lowest BCUT2D eigenvalue weighted by Crippen LogP contribution is -2.22. The molecule has 0 fully saturated rings. The molecule has 0 saturated heterocycles. The maximum atomic E-state index is 10.3. The molecule has 1 N–H and O–H groups in total. The van der Waals surface area contributed by atoms with Crippen molar-refractivity contribution in [3.63, 3.8) is 0 Å². The Morgan fingerprint density at radius 3 is 3.09 bits per heavy atom. The number of nitrogens with zero attached hydrogens (tertiary/aromatic N) is 2. The molecule has 0 aliphatic rings. The lowest BCUT2D eigenvalue weighted by molar-refractivity contribution is 0.549. The van der Waals surface area contributed by atoms with Crippen LogP contribution >= 0.6 is 0 Å². The van der Waals surface area contributed by atoms with Crippen molar-refractivity contribution in [2.75, 3.05) is 11.4 Å². The third-order valence-electron chi connectivity index (χ3n) is 1.30. The number of aromatic nitrogens is 2. The van der Waals surface area contributed by atoms with E-state index in [1.165, 1.54) is 4.90 Å². The summed E-state index contributed by atoms with van der Waals surface area (Å²) in [5.41, 5.74) is 0. The first-order valence-electron chi connectivity index (χ1n) is 3.53. The molecule has 0 spiro atoms. The zero-order chi connectivity index (χ0) is 8.10. The summed E-state index contributed by atoms with van der Waals surface area (Å²) in [6.45, 7) is 2.64. The maximum absolute atomic E-state index is 10.3. The molecule has 0 bridgehead atoms. The molecule has 1 radical (unpaired) electrons. The number of rotatable bonds is 4.